The number of rotatable bonds is 5. The number of aromatic nitrogens is 2. The minimum absolute atomic E-state index is 0.155. The molecule has 1 aromatic carbocycles. The number of nitrogens with one attached hydrogen (secondary N) is 1. The molecule has 1 saturated heterocycles. The highest BCUT2D eigenvalue weighted by Gasteiger charge is 2.21. The normalized spacial score (nSPS) is 14.5. The maximum atomic E-state index is 13.9. The van der Waals surface area contributed by atoms with Crippen molar-refractivity contribution in [1.29, 1.82) is 0 Å². The van der Waals surface area contributed by atoms with E-state index < -0.39 is 0 Å². The maximum Gasteiger partial charge on any atom is 0.254 e. The molecule has 7 heteroatoms. The molecular weight excluding hydrogens is 321 g/mol. The monoisotopic (exact) mass is 343 g/mol. The van der Waals surface area contributed by atoms with Gasteiger partial charge in [0.1, 0.15) is 5.82 Å². The van der Waals surface area contributed by atoms with E-state index in [1.54, 1.807) is 24.5 Å². The highest BCUT2D eigenvalue weighted by Crippen LogP contribution is 2.21. The van der Waals surface area contributed by atoms with Crippen LogP contribution < -0.4 is 15.1 Å². The van der Waals surface area contributed by atoms with Gasteiger partial charge in [0, 0.05) is 45.1 Å². The number of para-hydroxylation sites is 1. The number of halogens is 1. The molecule has 1 aromatic heterocycles. The van der Waals surface area contributed by atoms with E-state index in [2.05, 4.69) is 15.3 Å². The Morgan fingerprint density at radius 2 is 1.76 bits per heavy atom. The van der Waals surface area contributed by atoms with Gasteiger partial charge >= 0.3 is 0 Å². The number of anilines is 2. The zero-order valence-electron chi connectivity index (χ0n) is 14.3. The van der Waals surface area contributed by atoms with Crippen molar-refractivity contribution in [3.63, 3.8) is 0 Å². The quantitative estimate of drug-likeness (QED) is 0.901. The summed E-state index contributed by atoms with van der Waals surface area (Å²) in [7, 11) is 0. The molecule has 0 radical (unpaired) electrons. The maximum absolute atomic E-state index is 13.9. The van der Waals surface area contributed by atoms with Gasteiger partial charge in [-0.1, -0.05) is 19.1 Å². The third kappa shape index (κ3) is 4.04. The van der Waals surface area contributed by atoms with Crippen molar-refractivity contribution in [3.05, 3.63) is 48.0 Å². The van der Waals surface area contributed by atoms with Crippen molar-refractivity contribution in [2.75, 3.05) is 42.5 Å². The molecular formula is C18H22FN5O. The van der Waals surface area contributed by atoms with E-state index in [1.807, 2.05) is 22.8 Å². The lowest BCUT2D eigenvalue weighted by molar-refractivity contribution is 0.0953. The molecule has 0 unspecified atom stereocenters. The SMILES string of the molecule is CCCNC(=O)c1cnc(N2CCN(c3ccccc3F)CC2)nc1. The van der Waals surface area contributed by atoms with Gasteiger partial charge in [0.05, 0.1) is 11.3 Å². The molecule has 0 saturated carbocycles. The Morgan fingerprint density at radius 1 is 1.12 bits per heavy atom. The van der Waals surface area contributed by atoms with Gasteiger partial charge < -0.3 is 15.1 Å². The molecule has 0 bridgehead atoms. The second-order valence-electron chi connectivity index (χ2n) is 5.95. The Balaban J connectivity index is 1.59. The molecule has 0 atom stereocenters. The predicted octanol–water partition coefficient (Wildman–Crippen LogP) is 2.08. The lowest BCUT2D eigenvalue weighted by atomic mass is 10.2. The first-order valence-electron chi connectivity index (χ1n) is 8.53. The van der Waals surface area contributed by atoms with Gasteiger partial charge in [-0.25, -0.2) is 14.4 Å². The van der Waals surface area contributed by atoms with Crippen LogP contribution in [-0.4, -0.2) is 48.6 Å². The van der Waals surface area contributed by atoms with Gasteiger partial charge in [0.2, 0.25) is 5.95 Å². The highest BCUT2D eigenvalue weighted by atomic mass is 19.1. The first kappa shape index (κ1) is 17.1. The van der Waals surface area contributed by atoms with Crippen LogP contribution in [0.25, 0.3) is 0 Å². The molecule has 2 heterocycles. The Bertz CT molecular complexity index is 714. The number of benzene rings is 1. The minimum Gasteiger partial charge on any atom is -0.366 e. The molecule has 2 aromatic rings. The third-order valence-corrected chi connectivity index (χ3v) is 4.19. The van der Waals surface area contributed by atoms with Crippen LogP contribution in [-0.2, 0) is 0 Å². The van der Waals surface area contributed by atoms with Crippen LogP contribution >= 0.6 is 0 Å². The van der Waals surface area contributed by atoms with Crippen LogP contribution in [0.15, 0.2) is 36.7 Å². The summed E-state index contributed by atoms with van der Waals surface area (Å²) >= 11 is 0. The van der Waals surface area contributed by atoms with Crippen LogP contribution in [0.5, 0.6) is 0 Å². The Labute approximate surface area is 146 Å². The van der Waals surface area contributed by atoms with E-state index in [4.69, 9.17) is 0 Å². The molecule has 1 aliphatic rings. The fourth-order valence-electron chi connectivity index (χ4n) is 2.80. The van der Waals surface area contributed by atoms with Gasteiger partial charge in [-0.2, -0.15) is 0 Å². The van der Waals surface area contributed by atoms with Crippen molar-refractivity contribution in [2.24, 2.45) is 0 Å². The first-order valence-corrected chi connectivity index (χ1v) is 8.53. The molecule has 1 amide bonds. The van der Waals surface area contributed by atoms with Crippen LogP contribution in [0, 0.1) is 5.82 Å². The van der Waals surface area contributed by atoms with Gasteiger partial charge in [-0.15, -0.1) is 0 Å². The Kier molecular flexibility index (Phi) is 5.42. The number of carbonyl (C=O) groups excluding carboxylic acids is 1. The first-order chi connectivity index (χ1) is 12.2. The molecule has 1 N–H and O–H groups in total. The second-order valence-corrected chi connectivity index (χ2v) is 5.95. The molecule has 132 valence electrons. The summed E-state index contributed by atoms with van der Waals surface area (Å²) in [6.45, 7) is 5.44. The van der Waals surface area contributed by atoms with Crippen LogP contribution in [0.4, 0.5) is 16.0 Å². The fraction of sp³-hybridized carbons (Fsp3) is 0.389. The molecule has 25 heavy (non-hydrogen) atoms. The molecule has 1 fully saturated rings. The molecule has 1 aliphatic heterocycles. The lowest BCUT2D eigenvalue weighted by Crippen LogP contribution is -2.47. The zero-order valence-corrected chi connectivity index (χ0v) is 14.3. The summed E-state index contributed by atoms with van der Waals surface area (Å²) in [6, 6.07) is 6.82. The molecule has 6 nitrogen and oxygen atoms in total. The van der Waals surface area contributed by atoms with E-state index in [0.717, 1.165) is 6.42 Å². The van der Waals surface area contributed by atoms with Gasteiger partial charge in [-0.3, -0.25) is 4.79 Å². The number of hydrogen-bond donors (Lipinski definition) is 1. The summed E-state index contributed by atoms with van der Waals surface area (Å²) in [5.41, 5.74) is 1.09. The Morgan fingerprint density at radius 3 is 2.40 bits per heavy atom. The van der Waals surface area contributed by atoms with E-state index in [9.17, 15) is 9.18 Å². The minimum atomic E-state index is -0.199. The average Bonchev–Trinajstić information content (AvgIpc) is 2.67. The number of nitrogens with zero attached hydrogens (tertiary/aromatic N) is 4. The van der Waals surface area contributed by atoms with Crippen molar-refractivity contribution in [3.8, 4) is 0 Å². The number of amides is 1. The van der Waals surface area contributed by atoms with Crippen molar-refractivity contribution < 1.29 is 9.18 Å². The number of carbonyl (C=O) groups is 1. The summed E-state index contributed by atoms with van der Waals surface area (Å²) in [4.78, 5) is 24.6. The molecule has 0 spiro atoms. The summed E-state index contributed by atoms with van der Waals surface area (Å²) < 4.78 is 13.9. The summed E-state index contributed by atoms with van der Waals surface area (Å²) in [6.07, 6.45) is 3.99. The lowest BCUT2D eigenvalue weighted by Gasteiger charge is -2.36. The van der Waals surface area contributed by atoms with Crippen LogP contribution in [0.1, 0.15) is 23.7 Å². The van der Waals surface area contributed by atoms with Crippen LogP contribution in [0.3, 0.4) is 0 Å². The van der Waals surface area contributed by atoms with Gasteiger partial charge in [0.25, 0.3) is 5.91 Å². The Hall–Kier alpha value is -2.70. The van der Waals surface area contributed by atoms with Crippen molar-refractivity contribution >= 4 is 17.5 Å². The second kappa shape index (κ2) is 7.92. The number of piperazine rings is 1. The topological polar surface area (TPSA) is 61.4 Å². The van der Waals surface area contributed by atoms with Gasteiger partial charge in [0.15, 0.2) is 0 Å². The largest absolute Gasteiger partial charge is 0.366 e. The third-order valence-electron chi connectivity index (χ3n) is 4.19. The van der Waals surface area contributed by atoms with E-state index in [0.29, 0.717) is 49.9 Å². The molecule has 0 aliphatic carbocycles. The standard InChI is InChI=1S/C18H22FN5O/c1-2-7-20-17(25)14-12-21-18(22-13-14)24-10-8-23(9-11-24)16-6-4-3-5-15(16)19/h3-6,12-13H,2,7-11H2,1H3,(H,20,25). The van der Waals surface area contributed by atoms with E-state index >= 15 is 0 Å². The average molecular weight is 343 g/mol. The molecule has 3 rings (SSSR count). The summed E-state index contributed by atoms with van der Waals surface area (Å²) in [5, 5.41) is 2.80. The van der Waals surface area contributed by atoms with Crippen molar-refractivity contribution in [1.82, 2.24) is 15.3 Å². The van der Waals surface area contributed by atoms with E-state index in [1.165, 1.54) is 6.07 Å². The van der Waals surface area contributed by atoms with Crippen molar-refractivity contribution in [2.45, 2.75) is 13.3 Å². The zero-order chi connectivity index (χ0) is 17.6. The summed E-state index contributed by atoms with van der Waals surface area (Å²) in [5.74, 6) is 0.243. The smallest absolute Gasteiger partial charge is 0.254 e. The van der Waals surface area contributed by atoms with Crippen LogP contribution in [0.2, 0.25) is 0 Å². The fourth-order valence-corrected chi connectivity index (χ4v) is 2.80. The number of hydrogen-bond acceptors (Lipinski definition) is 5. The van der Waals surface area contributed by atoms with E-state index in [-0.39, 0.29) is 11.7 Å². The predicted molar refractivity (Wildman–Crippen MR) is 95.5 cm³/mol. The highest BCUT2D eigenvalue weighted by molar-refractivity contribution is 5.93. The van der Waals surface area contributed by atoms with Gasteiger partial charge in [-0.05, 0) is 18.6 Å².